The molecule has 4 nitrogen and oxygen atoms in total. The predicted octanol–water partition coefficient (Wildman–Crippen LogP) is 2.24. The van der Waals surface area contributed by atoms with Crippen LogP contribution in [0.4, 0.5) is 0 Å². The van der Waals surface area contributed by atoms with Gasteiger partial charge < -0.3 is 14.8 Å². The number of carbonyl (C=O) groups excluding carboxylic acids is 1. The Bertz CT molecular complexity index is 360. The summed E-state index contributed by atoms with van der Waals surface area (Å²) in [6.07, 6.45) is 0.558. The molecule has 0 aromatic heterocycles. The van der Waals surface area contributed by atoms with Crippen molar-refractivity contribution in [2.45, 2.75) is 20.3 Å². The third kappa shape index (κ3) is 5.57. The van der Waals surface area contributed by atoms with Crippen LogP contribution in [0.15, 0.2) is 24.3 Å². The van der Waals surface area contributed by atoms with Gasteiger partial charge in [-0.3, -0.25) is 4.79 Å². The van der Waals surface area contributed by atoms with E-state index in [0.717, 1.165) is 11.5 Å². The van der Waals surface area contributed by atoms with Crippen LogP contribution < -0.4 is 14.8 Å². The Kier molecular flexibility index (Phi) is 6.05. The number of amides is 1. The highest BCUT2D eigenvalue weighted by Gasteiger charge is 2.03. The Morgan fingerprint density at radius 2 is 1.83 bits per heavy atom. The molecule has 1 aromatic rings. The number of hydrogen-bond donors (Lipinski definition) is 1. The summed E-state index contributed by atoms with van der Waals surface area (Å²) in [6.45, 7) is 5.04. The van der Waals surface area contributed by atoms with E-state index in [-0.39, 0.29) is 5.91 Å². The van der Waals surface area contributed by atoms with E-state index in [1.165, 1.54) is 0 Å². The fraction of sp³-hybridized carbons (Fsp3) is 0.500. The molecule has 0 spiro atoms. The summed E-state index contributed by atoms with van der Waals surface area (Å²) in [7, 11) is 1.63. The molecule has 0 saturated heterocycles. The highest BCUT2D eigenvalue weighted by atomic mass is 16.5. The Hall–Kier alpha value is -1.71. The second kappa shape index (κ2) is 7.58. The molecule has 0 saturated carbocycles. The molecule has 0 unspecified atom stereocenters. The second-order valence-electron chi connectivity index (χ2n) is 4.47. The van der Waals surface area contributed by atoms with E-state index in [1.807, 2.05) is 38.1 Å². The minimum absolute atomic E-state index is 0.0725. The van der Waals surface area contributed by atoms with Gasteiger partial charge in [-0.25, -0.2) is 0 Å². The highest BCUT2D eigenvalue weighted by molar-refractivity contribution is 5.75. The first-order valence-electron chi connectivity index (χ1n) is 6.15. The Morgan fingerprint density at radius 1 is 1.22 bits per heavy atom. The van der Waals surface area contributed by atoms with Crippen molar-refractivity contribution >= 4 is 5.91 Å². The SMILES string of the molecule is COc1ccc(OCCNC(=O)CC(C)C)cc1. The molecule has 0 aliphatic carbocycles. The molecule has 1 rings (SSSR count). The van der Waals surface area contributed by atoms with E-state index >= 15 is 0 Å². The predicted molar refractivity (Wildman–Crippen MR) is 71.0 cm³/mol. The van der Waals surface area contributed by atoms with Crippen LogP contribution in [0.5, 0.6) is 11.5 Å². The first kappa shape index (κ1) is 14.4. The van der Waals surface area contributed by atoms with E-state index in [4.69, 9.17) is 9.47 Å². The molecule has 0 fully saturated rings. The van der Waals surface area contributed by atoms with Crippen molar-refractivity contribution in [2.24, 2.45) is 5.92 Å². The highest BCUT2D eigenvalue weighted by Crippen LogP contribution is 2.16. The van der Waals surface area contributed by atoms with Gasteiger partial charge in [-0.05, 0) is 30.2 Å². The fourth-order valence-corrected chi connectivity index (χ4v) is 1.47. The zero-order chi connectivity index (χ0) is 13.4. The molecular formula is C14H21NO3. The first-order valence-corrected chi connectivity index (χ1v) is 6.15. The van der Waals surface area contributed by atoms with Crippen molar-refractivity contribution in [3.8, 4) is 11.5 Å². The summed E-state index contributed by atoms with van der Waals surface area (Å²) < 4.78 is 10.5. The van der Waals surface area contributed by atoms with Gasteiger partial charge in [0.15, 0.2) is 0 Å². The summed E-state index contributed by atoms with van der Waals surface area (Å²) in [5.41, 5.74) is 0. The number of carbonyl (C=O) groups is 1. The molecule has 0 atom stereocenters. The summed E-state index contributed by atoms with van der Waals surface area (Å²) in [4.78, 5) is 11.4. The lowest BCUT2D eigenvalue weighted by atomic mass is 10.1. The Balaban J connectivity index is 2.19. The maximum absolute atomic E-state index is 11.4. The average Bonchev–Trinajstić information content (AvgIpc) is 2.34. The second-order valence-corrected chi connectivity index (χ2v) is 4.47. The average molecular weight is 251 g/mol. The number of methoxy groups -OCH3 is 1. The van der Waals surface area contributed by atoms with Crippen LogP contribution >= 0.6 is 0 Å². The summed E-state index contributed by atoms with van der Waals surface area (Å²) >= 11 is 0. The van der Waals surface area contributed by atoms with Crippen LogP contribution in [0.1, 0.15) is 20.3 Å². The van der Waals surface area contributed by atoms with Gasteiger partial charge in [-0.2, -0.15) is 0 Å². The topological polar surface area (TPSA) is 47.6 Å². The van der Waals surface area contributed by atoms with E-state index in [9.17, 15) is 4.79 Å². The van der Waals surface area contributed by atoms with Crippen molar-refractivity contribution in [3.63, 3.8) is 0 Å². The molecule has 18 heavy (non-hydrogen) atoms. The van der Waals surface area contributed by atoms with Gasteiger partial charge in [0.1, 0.15) is 18.1 Å². The van der Waals surface area contributed by atoms with Gasteiger partial charge in [0.25, 0.3) is 0 Å². The molecule has 1 amide bonds. The van der Waals surface area contributed by atoms with Crippen molar-refractivity contribution < 1.29 is 14.3 Å². The number of nitrogens with one attached hydrogen (secondary N) is 1. The first-order chi connectivity index (χ1) is 8.61. The Morgan fingerprint density at radius 3 is 2.39 bits per heavy atom. The number of ether oxygens (including phenoxy) is 2. The normalized spacial score (nSPS) is 10.2. The quantitative estimate of drug-likeness (QED) is 0.756. The third-order valence-corrected chi connectivity index (χ3v) is 2.35. The van der Waals surface area contributed by atoms with E-state index in [1.54, 1.807) is 7.11 Å². The van der Waals surface area contributed by atoms with Crippen LogP contribution in [0.25, 0.3) is 0 Å². The van der Waals surface area contributed by atoms with Crippen LogP contribution in [-0.2, 0) is 4.79 Å². The zero-order valence-corrected chi connectivity index (χ0v) is 11.2. The molecule has 0 bridgehead atoms. The molecule has 1 aromatic carbocycles. The van der Waals surface area contributed by atoms with Crippen LogP contribution in [-0.4, -0.2) is 26.2 Å². The lowest BCUT2D eigenvalue weighted by Gasteiger charge is -2.09. The zero-order valence-electron chi connectivity index (χ0n) is 11.2. The summed E-state index contributed by atoms with van der Waals surface area (Å²) in [6, 6.07) is 7.36. The fourth-order valence-electron chi connectivity index (χ4n) is 1.47. The molecular weight excluding hydrogens is 230 g/mol. The summed E-state index contributed by atoms with van der Waals surface area (Å²) in [5.74, 6) is 2.03. The van der Waals surface area contributed by atoms with Crippen molar-refractivity contribution in [2.75, 3.05) is 20.3 Å². The Labute approximate surface area is 108 Å². The maximum Gasteiger partial charge on any atom is 0.220 e. The lowest BCUT2D eigenvalue weighted by molar-refractivity contribution is -0.121. The minimum atomic E-state index is 0.0725. The van der Waals surface area contributed by atoms with Gasteiger partial charge >= 0.3 is 0 Å². The molecule has 0 heterocycles. The molecule has 4 heteroatoms. The van der Waals surface area contributed by atoms with Gasteiger partial charge in [0.2, 0.25) is 5.91 Å². The largest absolute Gasteiger partial charge is 0.497 e. The lowest BCUT2D eigenvalue weighted by Crippen LogP contribution is -2.28. The standard InChI is InChI=1S/C14H21NO3/c1-11(2)10-14(16)15-8-9-18-13-6-4-12(17-3)5-7-13/h4-7,11H,8-10H2,1-3H3,(H,15,16). The van der Waals surface area contributed by atoms with Gasteiger partial charge in [-0.1, -0.05) is 13.8 Å². The summed E-state index contributed by atoms with van der Waals surface area (Å²) in [5, 5.41) is 2.82. The van der Waals surface area contributed by atoms with Gasteiger partial charge in [-0.15, -0.1) is 0 Å². The number of hydrogen-bond acceptors (Lipinski definition) is 3. The monoisotopic (exact) mass is 251 g/mol. The molecule has 0 aliphatic rings. The van der Waals surface area contributed by atoms with Crippen molar-refractivity contribution in [3.05, 3.63) is 24.3 Å². The van der Waals surface area contributed by atoms with Crippen LogP contribution in [0.2, 0.25) is 0 Å². The molecule has 1 N–H and O–H groups in total. The van der Waals surface area contributed by atoms with E-state index < -0.39 is 0 Å². The molecule has 0 radical (unpaired) electrons. The van der Waals surface area contributed by atoms with E-state index in [2.05, 4.69) is 5.32 Å². The van der Waals surface area contributed by atoms with Crippen molar-refractivity contribution in [1.29, 1.82) is 0 Å². The van der Waals surface area contributed by atoms with E-state index in [0.29, 0.717) is 25.5 Å². The van der Waals surface area contributed by atoms with Gasteiger partial charge in [0, 0.05) is 6.42 Å². The third-order valence-electron chi connectivity index (χ3n) is 2.35. The van der Waals surface area contributed by atoms with Crippen LogP contribution in [0, 0.1) is 5.92 Å². The molecule has 0 aliphatic heterocycles. The maximum atomic E-state index is 11.4. The smallest absolute Gasteiger partial charge is 0.220 e. The molecule has 100 valence electrons. The van der Waals surface area contributed by atoms with Gasteiger partial charge in [0.05, 0.1) is 13.7 Å². The van der Waals surface area contributed by atoms with Crippen molar-refractivity contribution in [1.82, 2.24) is 5.32 Å². The number of rotatable bonds is 7. The van der Waals surface area contributed by atoms with Crippen LogP contribution in [0.3, 0.4) is 0 Å². The number of benzene rings is 1. The minimum Gasteiger partial charge on any atom is -0.497 e.